The Hall–Kier alpha value is -3.53. The van der Waals surface area contributed by atoms with E-state index >= 15 is 0 Å². The number of nitrogens with zero attached hydrogens (tertiary/aromatic N) is 1. The van der Waals surface area contributed by atoms with Gasteiger partial charge in [0.15, 0.2) is 0 Å². The lowest BCUT2D eigenvalue weighted by atomic mass is 10.1. The molecule has 0 spiro atoms. The van der Waals surface area contributed by atoms with Crippen LogP contribution in [0.5, 0.6) is 11.5 Å². The standard InChI is InChI=1S/C23H19NO3/c1-25-17-13-11-16(12-14-17)23-15-20(18-7-3-5-9-21(18)27-23)24-19-8-4-6-10-22(19)26-2/h3-15H,1-2H3. The molecular weight excluding hydrogens is 338 g/mol. The molecule has 0 atom stereocenters. The molecule has 4 aromatic rings. The Morgan fingerprint density at radius 3 is 2.30 bits per heavy atom. The van der Waals surface area contributed by atoms with Gasteiger partial charge in [-0.15, -0.1) is 0 Å². The molecule has 0 N–H and O–H groups in total. The van der Waals surface area contributed by atoms with Crippen LogP contribution in [-0.2, 0) is 0 Å². The third-order valence-electron chi connectivity index (χ3n) is 4.35. The molecule has 0 bridgehead atoms. The first kappa shape index (κ1) is 16.9. The second kappa shape index (κ2) is 7.38. The van der Waals surface area contributed by atoms with Crippen molar-refractivity contribution >= 4 is 16.7 Å². The van der Waals surface area contributed by atoms with Gasteiger partial charge in [0.2, 0.25) is 0 Å². The summed E-state index contributed by atoms with van der Waals surface area (Å²) in [5.41, 5.74) is 2.51. The van der Waals surface area contributed by atoms with Gasteiger partial charge in [0.25, 0.3) is 0 Å². The lowest BCUT2D eigenvalue weighted by Gasteiger charge is -2.07. The minimum atomic E-state index is 0.730. The summed E-state index contributed by atoms with van der Waals surface area (Å²) in [5, 5.41) is 1.77. The zero-order chi connectivity index (χ0) is 18.6. The summed E-state index contributed by atoms with van der Waals surface area (Å²) in [7, 11) is 3.30. The van der Waals surface area contributed by atoms with Crippen molar-refractivity contribution in [2.75, 3.05) is 14.2 Å². The molecule has 3 aromatic carbocycles. The van der Waals surface area contributed by atoms with Crippen molar-refractivity contribution in [3.8, 4) is 22.8 Å². The zero-order valence-corrected chi connectivity index (χ0v) is 15.2. The van der Waals surface area contributed by atoms with Crippen molar-refractivity contribution < 1.29 is 13.9 Å². The van der Waals surface area contributed by atoms with Crippen LogP contribution in [-0.4, -0.2) is 14.2 Å². The summed E-state index contributed by atoms with van der Waals surface area (Å²) in [6, 6.07) is 25.3. The fourth-order valence-corrected chi connectivity index (χ4v) is 2.96. The number of para-hydroxylation sites is 3. The van der Waals surface area contributed by atoms with E-state index in [4.69, 9.17) is 18.9 Å². The molecule has 0 amide bonds. The Kier molecular flexibility index (Phi) is 4.62. The summed E-state index contributed by atoms with van der Waals surface area (Å²) < 4.78 is 16.8. The molecule has 0 aliphatic carbocycles. The Morgan fingerprint density at radius 2 is 1.52 bits per heavy atom. The fraction of sp³-hybridized carbons (Fsp3) is 0.0870. The summed E-state index contributed by atoms with van der Waals surface area (Å²) >= 11 is 0. The van der Waals surface area contributed by atoms with E-state index in [2.05, 4.69) is 0 Å². The van der Waals surface area contributed by atoms with Gasteiger partial charge in [-0.3, -0.25) is 0 Å². The molecule has 0 aliphatic rings. The molecule has 0 aliphatic heterocycles. The SMILES string of the molecule is COc1ccc(-c2cc(=Nc3ccccc3OC)c3ccccc3o2)cc1. The van der Waals surface area contributed by atoms with Gasteiger partial charge in [0.1, 0.15) is 28.5 Å². The van der Waals surface area contributed by atoms with E-state index in [1.807, 2.05) is 78.9 Å². The second-order valence-electron chi connectivity index (χ2n) is 6.00. The molecule has 0 saturated carbocycles. The van der Waals surface area contributed by atoms with Gasteiger partial charge in [-0.1, -0.05) is 24.3 Å². The number of ether oxygens (including phenoxy) is 2. The average molecular weight is 357 g/mol. The third kappa shape index (κ3) is 3.42. The first-order chi connectivity index (χ1) is 13.3. The van der Waals surface area contributed by atoms with Crippen LogP contribution < -0.4 is 14.8 Å². The molecule has 134 valence electrons. The highest BCUT2D eigenvalue weighted by Gasteiger charge is 2.07. The summed E-state index contributed by atoms with van der Waals surface area (Å²) in [6.07, 6.45) is 0. The van der Waals surface area contributed by atoms with Crippen molar-refractivity contribution in [1.29, 1.82) is 0 Å². The van der Waals surface area contributed by atoms with Crippen molar-refractivity contribution in [2.24, 2.45) is 4.99 Å². The lowest BCUT2D eigenvalue weighted by molar-refractivity contribution is 0.415. The number of fused-ring (bicyclic) bond motifs is 1. The van der Waals surface area contributed by atoms with Crippen LogP contribution in [0.1, 0.15) is 0 Å². The lowest BCUT2D eigenvalue weighted by Crippen LogP contribution is -2.03. The predicted octanol–water partition coefficient (Wildman–Crippen LogP) is 5.35. The first-order valence-corrected chi connectivity index (χ1v) is 8.63. The van der Waals surface area contributed by atoms with Crippen molar-refractivity contribution in [2.45, 2.75) is 0 Å². The maximum Gasteiger partial charge on any atom is 0.144 e. The zero-order valence-electron chi connectivity index (χ0n) is 15.2. The van der Waals surface area contributed by atoms with E-state index in [0.29, 0.717) is 0 Å². The number of methoxy groups -OCH3 is 2. The second-order valence-corrected chi connectivity index (χ2v) is 6.00. The van der Waals surface area contributed by atoms with Crippen molar-refractivity contribution in [3.05, 3.63) is 84.2 Å². The molecule has 4 nitrogen and oxygen atoms in total. The van der Waals surface area contributed by atoms with Crippen LogP contribution in [0, 0.1) is 0 Å². The van der Waals surface area contributed by atoms with Gasteiger partial charge < -0.3 is 13.9 Å². The fourth-order valence-electron chi connectivity index (χ4n) is 2.96. The highest BCUT2D eigenvalue weighted by Crippen LogP contribution is 2.28. The number of benzene rings is 3. The number of rotatable bonds is 4. The van der Waals surface area contributed by atoms with E-state index in [0.717, 1.165) is 44.8 Å². The van der Waals surface area contributed by atoms with E-state index < -0.39 is 0 Å². The molecule has 0 unspecified atom stereocenters. The molecular formula is C23H19NO3. The third-order valence-corrected chi connectivity index (χ3v) is 4.35. The van der Waals surface area contributed by atoms with E-state index in [1.165, 1.54) is 0 Å². The van der Waals surface area contributed by atoms with Crippen molar-refractivity contribution in [3.63, 3.8) is 0 Å². The van der Waals surface area contributed by atoms with Gasteiger partial charge in [-0.25, -0.2) is 4.99 Å². The van der Waals surface area contributed by atoms with Crippen LogP contribution in [0.25, 0.3) is 22.3 Å². The van der Waals surface area contributed by atoms with Gasteiger partial charge in [0.05, 0.1) is 19.6 Å². The largest absolute Gasteiger partial charge is 0.497 e. The van der Waals surface area contributed by atoms with Crippen LogP contribution in [0.4, 0.5) is 5.69 Å². The van der Waals surface area contributed by atoms with Crippen LogP contribution in [0.2, 0.25) is 0 Å². The Morgan fingerprint density at radius 1 is 0.778 bits per heavy atom. The normalized spacial score (nSPS) is 11.6. The van der Waals surface area contributed by atoms with Gasteiger partial charge >= 0.3 is 0 Å². The smallest absolute Gasteiger partial charge is 0.144 e. The van der Waals surface area contributed by atoms with Gasteiger partial charge in [-0.2, -0.15) is 0 Å². The van der Waals surface area contributed by atoms with E-state index in [-0.39, 0.29) is 0 Å². The highest BCUT2D eigenvalue weighted by atomic mass is 16.5. The van der Waals surface area contributed by atoms with Crippen LogP contribution in [0.3, 0.4) is 0 Å². The first-order valence-electron chi connectivity index (χ1n) is 8.63. The maximum atomic E-state index is 6.12. The number of hydrogen-bond acceptors (Lipinski definition) is 4. The Labute approximate surface area is 157 Å². The highest BCUT2D eigenvalue weighted by molar-refractivity contribution is 5.78. The molecule has 27 heavy (non-hydrogen) atoms. The Bertz CT molecular complexity index is 1140. The molecule has 0 saturated heterocycles. The number of hydrogen-bond donors (Lipinski definition) is 0. The van der Waals surface area contributed by atoms with Crippen LogP contribution >= 0.6 is 0 Å². The van der Waals surface area contributed by atoms with E-state index in [9.17, 15) is 0 Å². The van der Waals surface area contributed by atoms with E-state index in [1.54, 1.807) is 14.2 Å². The molecule has 4 heteroatoms. The summed E-state index contributed by atoms with van der Waals surface area (Å²) in [5.74, 6) is 2.27. The predicted molar refractivity (Wildman–Crippen MR) is 106 cm³/mol. The summed E-state index contributed by atoms with van der Waals surface area (Å²) in [6.45, 7) is 0. The summed E-state index contributed by atoms with van der Waals surface area (Å²) in [4.78, 5) is 4.85. The average Bonchev–Trinajstić information content (AvgIpc) is 2.74. The van der Waals surface area contributed by atoms with Crippen LogP contribution in [0.15, 0.2) is 88.3 Å². The molecule has 1 aromatic heterocycles. The minimum absolute atomic E-state index is 0.730. The van der Waals surface area contributed by atoms with Crippen molar-refractivity contribution in [1.82, 2.24) is 0 Å². The topological polar surface area (TPSA) is 44.0 Å². The minimum Gasteiger partial charge on any atom is -0.497 e. The van der Waals surface area contributed by atoms with Gasteiger partial charge in [0, 0.05) is 17.0 Å². The van der Waals surface area contributed by atoms with Gasteiger partial charge in [-0.05, 0) is 48.5 Å². The molecule has 0 radical (unpaired) electrons. The Balaban J connectivity index is 1.94. The molecule has 1 heterocycles. The monoisotopic (exact) mass is 357 g/mol. The maximum absolute atomic E-state index is 6.12. The molecule has 0 fully saturated rings. The molecule has 4 rings (SSSR count). The quantitative estimate of drug-likeness (QED) is 0.494.